The van der Waals surface area contributed by atoms with Crippen molar-refractivity contribution >= 4 is 29.0 Å². The predicted octanol–water partition coefficient (Wildman–Crippen LogP) is 4.08. The molecular formula is C25H25ClFN5O2. The van der Waals surface area contributed by atoms with Crippen molar-refractivity contribution in [3.63, 3.8) is 0 Å². The van der Waals surface area contributed by atoms with Crippen molar-refractivity contribution < 1.29 is 9.18 Å². The first kappa shape index (κ1) is 22.4. The van der Waals surface area contributed by atoms with Crippen molar-refractivity contribution in [3.8, 4) is 11.1 Å². The lowest BCUT2D eigenvalue weighted by Gasteiger charge is -2.25. The number of nitrogen functional groups attached to an aromatic ring is 1. The van der Waals surface area contributed by atoms with Crippen LogP contribution in [0.1, 0.15) is 41.2 Å². The Morgan fingerprint density at radius 1 is 1.29 bits per heavy atom. The number of halogens is 2. The molecule has 2 atom stereocenters. The zero-order valence-electron chi connectivity index (χ0n) is 18.9. The summed E-state index contributed by atoms with van der Waals surface area (Å²) in [6.45, 7) is 0.644. The third kappa shape index (κ3) is 3.36. The molecule has 34 heavy (non-hydrogen) atoms. The Morgan fingerprint density at radius 3 is 2.82 bits per heavy atom. The Labute approximate surface area is 201 Å². The van der Waals surface area contributed by atoms with Crippen LogP contribution < -0.4 is 16.6 Å². The van der Waals surface area contributed by atoms with Crippen molar-refractivity contribution in [2.45, 2.75) is 30.7 Å². The van der Waals surface area contributed by atoms with Crippen LogP contribution in [0.4, 0.5) is 15.9 Å². The van der Waals surface area contributed by atoms with Crippen molar-refractivity contribution in [2.24, 2.45) is 0 Å². The minimum atomic E-state index is -0.720. The monoisotopic (exact) mass is 481 g/mol. The number of hydrogen-bond acceptors (Lipinski definition) is 5. The summed E-state index contributed by atoms with van der Waals surface area (Å²) in [6, 6.07) is 8.24. The van der Waals surface area contributed by atoms with Gasteiger partial charge in [-0.15, -0.1) is 0 Å². The van der Waals surface area contributed by atoms with Crippen LogP contribution >= 0.6 is 11.6 Å². The normalized spacial score (nSPS) is 20.9. The molecule has 176 valence electrons. The Kier molecular flexibility index (Phi) is 5.36. The zero-order chi connectivity index (χ0) is 24.2. The summed E-state index contributed by atoms with van der Waals surface area (Å²) in [5, 5.41) is 3.76. The van der Waals surface area contributed by atoms with Gasteiger partial charge < -0.3 is 20.5 Å². The number of nitrogens with two attached hydrogens (primary N) is 1. The highest BCUT2D eigenvalue weighted by molar-refractivity contribution is 6.34. The lowest BCUT2D eigenvalue weighted by molar-refractivity contribution is 0.0824. The van der Waals surface area contributed by atoms with Gasteiger partial charge in [-0.1, -0.05) is 17.7 Å². The topological polar surface area (TPSA) is 93.2 Å². The summed E-state index contributed by atoms with van der Waals surface area (Å²) < 4.78 is 17.4. The number of aromatic nitrogens is 2. The molecule has 3 N–H and O–H groups in total. The van der Waals surface area contributed by atoms with E-state index >= 15 is 4.39 Å². The standard InChI is InChI=1S/C25H25ClFN5O2/c1-31(2)24(34)19-17(28)7-6-15(22(19)27)16-12-29-23-20(21(16)26)25(13-30-23)9-8-14(11-25)32-10-4-3-5-18(32)33/h3-7,10,12,14H,8-9,11,13,28H2,1-2H3,(H,29,30)/t14-,25+/m0/s1. The van der Waals surface area contributed by atoms with Crippen molar-refractivity contribution in [1.29, 1.82) is 0 Å². The Balaban J connectivity index is 1.59. The minimum absolute atomic E-state index is 0.0317. The number of carbonyl (C=O) groups excluding carboxylic acids is 1. The molecule has 1 amide bonds. The maximum Gasteiger partial charge on any atom is 0.258 e. The first-order chi connectivity index (χ1) is 16.2. The quantitative estimate of drug-likeness (QED) is 0.550. The van der Waals surface area contributed by atoms with E-state index in [1.54, 1.807) is 30.8 Å². The third-order valence-corrected chi connectivity index (χ3v) is 7.44. The lowest BCUT2D eigenvalue weighted by Crippen LogP contribution is -2.28. The van der Waals surface area contributed by atoms with E-state index in [9.17, 15) is 9.59 Å². The van der Waals surface area contributed by atoms with Gasteiger partial charge in [-0.2, -0.15) is 0 Å². The lowest BCUT2D eigenvalue weighted by atomic mass is 9.80. The molecule has 1 fully saturated rings. The molecule has 1 aromatic carbocycles. The van der Waals surface area contributed by atoms with Crippen LogP contribution in [0.3, 0.4) is 0 Å². The summed E-state index contributed by atoms with van der Waals surface area (Å²) in [6.07, 6.45) is 5.70. The maximum atomic E-state index is 15.6. The number of fused-ring (bicyclic) bond motifs is 2. The van der Waals surface area contributed by atoms with Gasteiger partial charge >= 0.3 is 0 Å². The van der Waals surface area contributed by atoms with E-state index in [1.807, 2.05) is 12.3 Å². The molecule has 0 unspecified atom stereocenters. The molecule has 1 saturated carbocycles. The number of nitrogens with one attached hydrogen (secondary N) is 1. The average Bonchev–Trinajstić information content (AvgIpc) is 3.39. The maximum absolute atomic E-state index is 15.6. The van der Waals surface area contributed by atoms with E-state index in [4.69, 9.17) is 17.3 Å². The molecule has 9 heteroatoms. The number of amides is 1. The molecule has 1 spiro atoms. The molecule has 2 aliphatic rings. The van der Waals surface area contributed by atoms with Crippen LogP contribution in [-0.2, 0) is 5.41 Å². The van der Waals surface area contributed by atoms with Gasteiger partial charge in [-0.05, 0) is 37.5 Å². The molecule has 1 aliphatic heterocycles. The van der Waals surface area contributed by atoms with E-state index in [-0.39, 0.29) is 33.8 Å². The molecule has 0 radical (unpaired) electrons. The summed E-state index contributed by atoms with van der Waals surface area (Å²) in [5.74, 6) is -0.565. The van der Waals surface area contributed by atoms with Gasteiger partial charge in [0.1, 0.15) is 11.6 Å². The third-order valence-electron chi connectivity index (χ3n) is 7.05. The van der Waals surface area contributed by atoms with Gasteiger partial charge in [0.25, 0.3) is 11.5 Å². The van der Waals surface area contributed by atoms with Crippen LogP contribution in [-0.4, -0.2) is 41.0 Å². The van der Waals surface area contributed by atoms with Crippen LogP contribution in [0.2, 0.25) is 5.02 Å². The molecule has 3 aromatic rings. The van der Waals surface area contributed by atoms with E-state index in [0.29, 0.717) is 22.9 Å². The second kappa shape index (κ2) is 8.13. The van der Waals surface area contributed by atoms with Crippen LogP contribution in [0.15, 0.2) is 47.5 Å². The number of anilines is 2. The highest BCUT2D eigenvalue weighted by atomic mass is 35.5. The van der Waals surface area contributed by atoms with Gasteiger partial charge in [0, 0.05) is 72.9 Å². The Bertz CT molecular complexity index is 1370. The number of benzene rings is 1. The highest BCUT2D eigenvalue weighted by Crippen LogP contribution is 2.54. The first-order valence-corrected chi connectivity index (χ1v) is 11.5. The number of carbonyl (C=O) groups is 1. The summed E-state index contributed by atoms with van der Waals surface area (Å²) in [7, 11) is 3.09. The molecule has 7 nitrogen and oxygen atoms in total. The number of nitrogens with zero attached hydrogens (tertiary/aromatic N) is 3. The van der Waals surface area contributed by atoms with Crippen LogP contribution in [0.25, 0.3) is 11.1 Å². The van der Waals surface area contributed by atoms with Crippen molar-refractivity contribution in [2.75, 3.05) is 31.7 Å². The first-order valence-electron chi connectivity index (χ1n) is 11.1. The molecule has 1 aliphatic carbocycles. The van der Waals surface area contributed by atoms with Crippen LogP contribution in [0, 0.1) is 5.82 Å². The molecule has 5 rings (SSSR count). The molecule has 2 aromatic heterocycles. The number of pyridine rings is 2. The summed E-state index contributed by atoms with van der Waals surface area (Å²) in [4.78, 5) is 30.8. The largest absolute Gasteiger partial charge is 0.398 e. The summed E-state index contributed by atoms with van der Waals surface area (Å²) >= 11 is 6.95. The fraction of sp³-hybridized carbons (Fsp3) is 0.320. The molecular weight excluding hydrogens is 457 g/mol. The van der Waals surface area contributed by atoms with Gasteiger partial charge in [0.15, 0.2) is 0 Å². The van der Waals surface area contributed by atoms with Crippen molar-refractivity contribution in [1.82, 2.24) is 14.5 Å². The molecule has 0 bridgehead atoms. The summed E-state index contributed by atoms with van der Waals surface area (Å²) in [5.41, 5.74) is 6.90. The smallest absolute Gasteiger partial charge is 0.258 e. The zero-order valence-corrected chi connectivity index (χ0v) is 19.7. The van der Waals surface area contributed by atoms with Crippen LogP contribution in [0.5, 0.6) is 0 Å². The SMILES string of the molecule is CN(C)C(=O)c1c(N)ccc(-c2cnc3c(c2Cl)[C@@]2(CC[C@H](n4ccccc4=O)C2)CN3)c1F. The van der Waals surface area contributed by atoms with E-state index in [2.05, 4.69) is 10.3 Å². The second-order valence-corrected chi connectivity index (χ2v) is 9.65. The Morgan fingerprint density at radius 2 is 2.09 bits per heavy atom. The van der Waals surface area contributed by atoms with Crippen molar-refractivity contribution in [3.05, 3.63) is 75.0 Å². The van der Waals surface area contributed by atoms with E-state index in [0.717, 1.165) is 24.8 Å². The van der Waals surface area contributed by atoms with Gasteiger partial charge in [-0.25, -0.2) is 9.37 Å². The molecule has 3 heterocycles. The number of hydrogen-bond donors (Lipinski definition) is 2. The van der Waals surface area contributed by atoms with E-state index in [1.165, 1.54) is 23.2 Å². The second-order valence-electron chi connectivity index (χ2n) is 9.28. The molecule has 0 saturated heterocycles. The fourth-order valence-electron chi connectivity index (χ4n) is 5.34. The van der Waals surface area contributed by atoms with Gasteiger partial charge in [0.05, 0.1) is 10.6 Å². The highest BCUT2D eigenvalue weighted by Gasteiger charge is 2.48. The van der Waals surface area contributed by atoms with E-state index < -0.39 is 11.7 Å². The van der Waals surface area contributed by atoms with Gasteiger partial charge in [-0.3, -0.25) is 9.59 Å². The van der Waals surface area contributed by atoms with Gasteiger partial charge in [0.2, 0.25) is 0 Å². The number of rotatable bonds is 3. The predicted molar refractivity (Wildman–Crippen MR) is 131 cm³/mol. The average molecular weight is 482 g/mol. The Hall–Kier alpha value is -3.39. The minimum Gasteiger partial charge on any atom is -0.398 e. The fourth-order valence-corrected chi connectivity index (χ4v) is 5.78.